The number of hydrogen-bond donors (Lipinski definition) is 0. The first-order valence-corrected chi connectivity index (χ1v) is 17.4. The Morgan fingerprint density at radius 3 is 1.56 bits per heavy atom. The summed E-state index contributed by atoms with van der Waals surface area (Å²) in [7, 11) is -5.66. The Morgan fingerprint density at radius 2 is 1.16 bits per heavy atom. The summed E-state index contributed by atoms with van der Waals surface area (Å²) < 4.78 is 24.9. The van der Waals surface area contributed by atoms with Crippen LogP contribution in [-0.2, 0) is 16.8 Å². The van der Waals surface area contributed by atoms with Crippen molar-refractivity contribution in [2.45, 2.75) is 26.2 Å². The van der Waals surface area contributed by atoms with E-state index in [1.165, 1.54) is 0 Å². The summed E-state index contributed by atoms with van der Waals surface area (Å²) in [6, 6.07) is 20.5. The lowest BCUT2D eigenvalue weighted by Crippen LogP contribution is -2.65. The quantitative estimate of drug-likeness (QED) is 0.591. The SMILES string of the molecule is CO[Si](O[SiH](C)O[SiH](C)O[SiH](C)C)(c1ccccc1)c1ccccc1. The predicted molar refractivity (Wildman–Crippen MR) is 113 cm³/mol. The van der Waals surface area contributed by atoms with Crippen LogP contribution in [0.5, 0.6) is 0 Å². The minimum atomic E-state index is -2.78. The smallest absolute Gasteiger partial charge is 0.397 e. The van der Waals surface area contributed by atoms with E-state index in [-0.39, 0.29) is 0 Å². The molecule has 2 aromatic carbocycles. The van der Waals surface area contributed by atoms with Crippen LogP contribution >= 0.6 is 0 Å². The fourth-order valence-electron chi connectivity index (χ4n) is 2.85. The molecule has 0 N–H and O–H groups in total. The second-order valence-electron chi connectivity index (χ2n) is 6.13. The van der Waals surface area contributed by atoms with Crippen molar-refractivity contribution in [2.75, 3.05) is 7.11 Å². The zero-order chi connectivity index (χ0) is 18.3. The molecule has 25 heavy (non-hydrogen) atoms. The van der Waals surface area contributed by atoms with E-state index in [0.29, 0.717) is 0 Å². The predicted octanol–water partition coefficient (Wildman–Crippen LogP) is 1.62. The molecule has 2 aromatic rings. The van der Waals surface area contributed by atoms with Gasteiger partial charge in [-0.05, 0) is 36.6 Å². The molecule has 0 heterocycles. The molecule has 0 aliphatic carbocycles. The lowest BCUT2D eigenvalue weighted by Gasteiger charge is -2.33. The van der Waals surface area contributed by atoms with Crippen molar-refractivity contribution in [3.8, 4) is 0 Å². The van der Waals surface area contributed by atoms with Crippen LogP contribution in [0.15, 0.2) is 60.7 Å². The molecule has 0 aliphatic rings. The van der Waals surface area contributed by atoms with Gasteiger partial charge in [-0.15, -0.1) is 0 Å². The third kappa shape index (κ3) is 5.56. The van der Waals surface area contributed by atoms with Crippen molar-refractivity contribution in [2.24, 2.45) is 0 Å². The molecule has 0 radical (unpaired) electrons. The van der Waals surface area contributed by atoms with Crippen molar-refractivity contribution in [1.82, 2.24) is 0 Å². The maximum Gasteiger partial charge on any atom is 0.397 e. The van der Waals surface area contributed by atoms with Gasteiger partial charge in [0.15, 0.2) is 9.04 Å². The number of hydrogen-bond acceptors (Lipinski definition) is 4. The maximum atomic E-state index is 6.62. The molecule has 0 amide bonds. The van der Waals surface area contributed by atoms with Gasteiger partial charge < -0.3 is 16.8 Å². The van der Waals surface area contributed by atoms with Crippen LogP contribution in [0, 0.1) is 0 Å². The zero-order valence-electron chi connectivity index (χ0n) is 15.6. The Balaban J connectivity index is 2.29. The average molecular weight is 409 g/mol. The molecule has 2 unspecified atom stereocenters. The van der Waals surface area contributed by atoms with Crippen molar-refractivity contribution in [1.29, 1.82) is 0 Å². The second kappa shape index (κ2) is 9.74. The highest BCUT2D eigenvalue weighted by Crippen LogP contribution is 2.12. The molecule has 0 fully saturated rings. The average Bonchev–Trinajstić information content (AvgIpc) is 2.60. The van der Waals surface area contributed by atoms with Gasteiger partial charge in [0.05, 0.1) is 0 Å². The van der Waals surface area contributed by atoms with Crippen LogP contribution in [-0.4, -0.2) is 43.3 Å². The molecular weight excluding hydrogens is 381 g/mol. The van der Waals surface area contributed by atoms with Gasteiger partial charge in [-0.25, -0.2) is 0 Å². The fourth-order valence-corrected chi connectivity index (χ4v) is 15.0. The first-order valence-electron chi connectivity index (χ1n) is 8.63. The van der Waals surface area contributed by atoms with Crippen LogP contribution in [0.1, 0.15) is 0 Å². The molecule has 0 aromatic heterocycles. The normalized spacial score (nSPS) is 14.5. The third-order valence-corrected chi connectivity index (χ3v) is 16.0. The lowest BCUT2D eigenvalue weighted by atomic mass is 10.4. The van der Waals surface area contributed by atoms with Gasteiger partial charge in [0.1, 0.15) is 0 Å². The minimum Gasteiger partial charge on any atom is -0.442 e. The standard InChI is InChI=1S/C17H28O4Si4/c1-18-25(16-12-8-6-9-13-16,17-14-10-7-11-15-17)21-24(5)20-23(4)19-22(2)3/h6-15,22-24H,1-5H3. The van der Waals surface area contributed by atoms with E-state index in [2.05, 4.69) is 50.5 Å². The Labute approximate surface area is 157 Å². The molecular formula is C17H28O4Si4. The van der Waals surface area contributed by atoms with Crippen LogP contribution in [0.3, 0.4) is 0 Å². The van der Waals surface area contributed by atoms with E-state index >= 15 is 0 Å². The first kappa shape index (κ1) is 20.5. The topological polar surface area (TPSA) is 36.9 Å². The molecule has 8 heteroatoms. The van der Waals surface area contributed by atoms with Gasteiger partial charge in [0.25, 0.3) is 9.28 Å². The minimum absolute atomic E-state index is 1.08. The van der Waals surface area contributed by atoms with Gasteiger partial charge in [0.2, 0.25) is 0 Å². The zero-order valence-corrected chi connectivity index (χ0v) is 20.1. The van der Waals surface area contributed by atoms with Crippen LogP contribution in [0.4, 0.5) is 0 Å². The van der Waals surface area contributed by atoms with Gasteiger partial charge in [0, 0.05) is 7.11 Å². The molecule has 0 saturated heterocycles. The molecule has 0 spiro atoms. The molecule has 4 nitrogen and oxygen atoms in total. The Hall–Kier alpha value is -0.852. The molecule has 2 atom stereocenters. The summed E-state index contributed by atoms with van der Waals surface area (Å²) in [4.78, 5) is 0. The van der Waals surface area contributed by atoms with Gasteiger partial charge in [-0.3, -0.25) is 0 Å². The van der Waals surface area contributed by atoms with E-state index in [9.17, 15) is 0 Å². The fraction of sp³-hybridized carbons (Fsp3) is 0.294. The second-order valence-corrected chi connectivity index (χ2v) is 16.4. The highest BCUT2D eigenvalue weighted by atomic mass is 28.5. The molecule has 136 valence electrons. The summed E-state index contributed by atoms with van der Waals surface area (Å²) >= 11 is 0. The number of benzene rings is 2. The Morgan fingerprint density at radius 1 is 0.680 bits per heavy atom. The molecule has 0 bridgehead atoms. The monoisotopic (exact) mass is 408 g/mol. The molecule has 2 rings (SSSR count). The van der Waals surface area contributed by atoms with Crippen molar-refractivity contribution < 1.29 is 16.8 Å². The van der Waals surface area contributed by atoms with Crippen LogP contribution in [0.2, 0.25) is 26.2 Å². The van der Waals surface area contributed by atoms with Gasteiger partial charge in [-0.1, -0.05) is 60.7 Å². The summed E-state index contributed by atoms with van der Waals surface area (Å²) in [6.07, 6.45) is 0. The highest BCUT2D eigenvalue weighted by Gasteiger charge is 2.43. The maximum absolute atomic E-state index is 6.62. The van der Waals surface area contributed by atoms with E-state index < -0.39 is 36.2 Å². The largest absolute Gasteiger partial charge is 0.442 e. The van der Waals surface area contributed by atoms with Crippen LogP contribution < -0.4 is 10.4 Å². The summed E-state index contributed by atoms with van der Waals surface area (Å²) in [5.41, 5.74) is 0. The first-order chi connectivity index (χ1) is 12.0. The van der Waals surface area contributed by atoms with Crippen molar-refractivity contribution in [3.63, 3.8) is 0 Å². The summed E-state index contributed by atoms with van der Waals surface area (Å²) in [5.74, 6) is 0. The Bertz CT molecular complexity index is 588. The summed E-state index contributed by atoms with van der Waals surface area (Å²) in [6.45, 7) is 8.49. The van der Waals surface area contributed by atoms with E-state index in [1.54, 1.807) is 7.11 Å². The van der Waals surface area contributed by atoms with Gasteiger partial charge in [-0.2, -0.15) is 0 Å². The van der Waals surface area contributed by atoms with E-state index in [0.717, 1.165) is 10.4 Å². The third-order valence-electron chi connectivity index (χ3n) is 3.77. The molecule has 0 saturated carbocycles. The van der Waals surface area contributed by atoms with E-state index in [4.69, 9.17) is 16.8 Å². The van der Waals surface area contributed by atoms with Crippen LogP contribution in [0.25, 0.3) is 0 Å². The molecule has 0 aliphatic heterocycles. The highest BCUT2D eigenvalue weighted by molar-refractivity contribution is 6.95. The summed E-state index contributed by atoms with van der Waals surface area (Å²) in [5, 5.41) is 2.19. The lowest BCUT2D eigenvalue weighted by molar-refractivity contribution is 0.299. The number of rotatable bonds is 9. The van der Waals surface area contributed by atoms with Crippen molar-refractivity contribution >= 4 is 46.5 Å². The van der Waals surface area contributed by atoms with Gasteiger partial charge >= 0.3 is 17.8 Å². The van der Waals surface area contributed by atoms with Crippen molar-refractivity contribution in [3.05, 3.63) is 60.7 Å². The van der Waals surface area contributed by atoms with E-state index in [1.807, 2.05) is 36.4 Å². The Kier molecular flexibility index (Phi) is 7.97.